The van der Waals surface area contributed by atoms with Gasteiger partial charge in [0.05, 0.1) is 10.4 Å². The highest BCUT2D eigenvalue weighted by Gasteiger charge is 2.30. The Kier molecular flexibility index (Phi) is 7.81. The number of benzene rings is 1. The lowest BCUT2D eigenvalue weighted by molar-refractivity contribution is 0.0889. The number of nitrogens with one attached hydrogen (secondary N) is 1. The van der Waals surface area contributed by atoms with Crippen LogP contribution in [0.3, 0.4) is 0 Å². The molecule has 1 aliphatic heterocycles. The molecule has 0 radical (unpaired) electrons. The fourth-order valence-corrected chi connectivity index (χ4v) is 7.00. The fourth-order valence-electron chi connectivity index (χ4n) is 5.45. The lowest BCUT2D eigenvalue weighted by Crippen LogP contribution is -2.45. The van der Waals surface area contributed by atoms with Gasteiger partial charge < -0.3 is 9.88 Å². The standard InChI is InChI=1S/C27H37N3O4S/c1-4-14-29-18-23(27(32)28-24-11-9-10-19(2)20(24)3)26(31)22-17-21(12-13-25(22)29)35(33,34)30-15-7-5-6-8-16-30/h4,12-13,17-20,24H,1,5-11,14-16H2,2-3H3,(H,28,32)/t19-,20-,24+/m0/s1. The third kappa shape index (κ3) is 5.23. The van der Waals surface area contributed by atoms with E-state index in [-0.39, 0.29) is 21.9 Å². The topological polar surface area (TPSA) is 88.5 Å². The second-order valence-corrected chi connectivity index (χ2v) is 12.1. The minimum atomic E-state index is -3.72. The summed E-state index contributed by atoms with van der Waals surface area (Å²) in [6.45, 7) is 9.51. The average Bonchev–Trinajstić information content (AvgIpc) is 3.14. The first-order valence-corrected chi connectivity index (χ1v) is 14.3. The molecule has 2 aromatic rings. The van der Waals surface area contributed by atoms with Gasteiger partial charge in [-0.2, -0.15) is 4.31 Å². The predicted octanol–water partition coefficient (Wildman–Crippen LogP) is 4.31. The molecule has 8 heteroatoms. The summed E-state index contributed by atoms with van der Waals surface area (Å²) in [6, 6.07) is 4.69. The number of rotatable bonds is 6. The van der Waals surface area contributed by atoms with Gasteiger partial charge in [-0.1, -0.05) is 45.6 Å². The van der Waals surface area contributed by atoms with Gasteiger partial charge in [-0.3, -0.25) is 9.59 Å². The third-order valence-corrected chi connectivity index (χ3v) is 9.74. The maximum atomic E-state index is 13.5. The zero-order valence-electron chi connectivity index (χ0n) is 20.8. The minimum Gasteiger partial charge on any atom is -0.349 e. The molecule has 2 heterocycles. The molecule has 1 saturated carbocycles. The van der Waals surface area contributed by atoms with Crippen LogP contribution in [0.25, 0.3) is 10.9 Å². The summed E-state index contributed by atoms with van der Waals surface area (Å²) >= 11 is 0. The van der Waals surface area contributed by atoms with Crippen molar-refractivity contribution in [2.24, 2.45) is 11.8 Å². The number of pyridine rings is 1. The van der Waals surface area contributed by atoms with Gasteiger partial charge in [0.1, 0.15) is 5.56 Å². The maximum absolute atomic E-state index is 13.5. The van der Waals surface area contributed by atoms with Gasteiger partial charge in [-0.05, 0) is 49.3 Å². The van der Waals surface area contributed by atoms with Gasteiger partial charge in [-0.25, -0.2) is 8.42 Å². The minimum absolute atomic E-state index is 0.0175. The molecule has 1 aliphatic carbocycles. The van der Waals surface area contributed by atoms with Crippen LogP contribution in [-0.4, -0.2) is 42.3 Å². The molecule has 0 spiro atoms. The molecule has 0 unspecified atom stereocenters. The Morgan fingerprint density at radius 3 is 2.51 bits per heavy atom. The number of carbonyl (C=O) groups excluding carboxylic acids is 1. The molecule has 4 rings (SSSR count). The lowest BCUT2D eigenvalue weighted by Gasteiger charge is -2.34. The van der Waals surface area contributed by atoms with Gasteiger partial charge in [0, 0.05) is 37.3 Å². The SMILES string of the molecule is C=CCn1cc(C(=O)N[C@@H]2CCC[C@H](C)[C@@H]2C)c(=O)c2cc(S(=O)(=O)N3CCCCCC3)ccc21. The van der Waals surface area contributed by atoms with Gasteiger partial charge in [-0.15, -0.1) is 6.58 Å². The van der Waals surface area contributed by atoms with Crippen molar-refractivity contribution < 1.29 is 13.2 Å². The first-order chi connectivity index (χ1) is 16.7. The van der Waals surface area contributed by atoms with E-state index >= 15 is 0 Å². The van der Waals surface area contributed by atoms with Gasteiger partial charge in [0.2, 0.25) is 15.5 Å². The molecule has 190 valence electrons. The van der Waals surface area contributed by atoms with Crippen LogP contribution in [0.2, 0.25) is 0 Å². The van der Waals surface area contributed by atoms with E-state index in [0.29, 0.717) is 37.0 Å². The van der Waals surface area contributed by atoms with E-state index in [9.17, 15) is 18.0 Å². The van der Waals surface area contributed by atoms with Crippen molar-refractivity contribution in [3.8, 4) is 0 Å². The molecule has 1 N–H and O–H groups in total. The summed E-state index contributed by atoms with van der Waals surface area (Å²) < 4.78 is 30.1. The van der Waals surface area contributed by atoms with Crippen molar-refractivity contribution >= 4 is 26.8 Å². The molecule has 2 fully saturated rings. The average molecular weight is 500 g/mol. The van der Waals surface area contributed by atoms with Crippen molar-refractivity contribution in [1.82, 2.24) is 14.2 Å². The lowest BCUT2D eigenvalue weighted by atomic mass is 9.78. The predicted molar refractivity (Wildman–Crippen MR) is 139 cm³/mol. The van der Waals surface area contributed by atoms with Crippen LogP contribution in [0, 0.1) is 11.8 Å². The van der Waals surface area contributed by atoms with Crippen LogP contribution in [0.4, 0.5) is 0 Å². The summed E-state index contributed by atoms with van der Waals surface area (Å²) in [7, 11) is -3.72. The molecule has 1 amide bonds. The summed E-state index contributed by atoms with van der Waals surface area (Å²) in [5.41, 5.74) is 0.178. The van der Waals surface area contributed by atoms with E-state index in [1.54, 1.807) is 29.0 Å². The number of carbonyl (C=O) groups is 1. The van der Waals surface area contributed by atoms with Gasteiger partial charge in [0.25, 0.3) is 5.91 Å². The van der Waals surface area contributed by atoms with Crippen molar-refractivity contribution in [2.45, 2.75) is 76.3 Å². The monoisotopic (exact) mass is 499 g/mol. The molecular formula is C27H37N3O4S. The number of allylic oxidation sites excluding steroid dienone is 1. The zero-order valence-corrected chi connectivity index (χ0v) is 21.6. The van der Waals surface area contributed by atoms with Gasteiger partial charge in [0.15, 0.2) is 0 Å². The quantitative estimate of drug-likeness (QED) is 0.600. The smallest absolute Gasteiger partial charge is 0.257 e. The van der Waals surface area contributed by atoms with E-state index < -0.39 is 21.4 Å². The first kappa shape index (κ1) is 25.6. The van der Waals surface area contributed by atoms with E-state index in [2.05, 4.69) is 25.7 Å². The fraction of sp³-hybridized carbons (Fsp3) is 0.556. The van der Waals surface area contributed by atoms with Crippen molar-refractivity contribution in [2.75, 3.05) is 13.1 Å². The molecule has 35 heavy (non-hydrogen) atoms. The molecule has 0 bridgehead atoms. The zero-order chi connectivity index (χ0) is 25.2. The summed E-state index contributed by atoms with van der Waals surface area (Å²) in [5.74, 6) is 0.435. The highest BCUT2D eigenvalue weighted by Crippen LogP contribution is 2.30. The van der Waals surface area contributed by atoms with Crippen LogP contribution >= 0.6 is 0 Å². The van der Waals surface area contributed by atoms with E-state index in [4.69, 9.17) is 0 Å². The van der Waals surface area contributed by atoms with Crippen LogP contribution in [0.15, 0.2) is 46.7 Å². The molecule has 1 saturated heterocycles. The van der Waals surface area contributed by atoms with E-state index in [0.717, 1.165) is 44.9 Å². The molecular weight excluding hydrogens is 462 g/mol. The highest BCUT2D eigenvalue weighted by atomic mass is 32.2. The first-order valence-electron chi connectivity index (χ1n) is 12.8. The highest BCUT2D eigenvalue weighted by molar-refractivity contribution is 7.89. The normalized spacial score (nSPS) is 24.1. The van der Waals surface area contributed by atoms with Crippen molar-refractivity contribution in [3.05, 3.63) is 52.8 Å². The number of nitrogens with zero attached hydrogens (tertiary/aromatic N) is 2. The van der Waals surface area contributed by atoms with Crippen molar-refractivity contribution in [1.29, 1.82) is 0 Å². The van der Waals surface area contributed by atoms with Gasteiger partial charge >= 0.3 is 0 Å². The van der Waals surface area contributed by atoms with Crippen molar-refractivity contribution in [3.63, 3.8) is 0 Å². The number of amides is 1. The van der Waals surface area contributed by atoms with E-state index in [1.165, 1.54) is 10.4 Å². The Morgan fingerprint density at radius 1 is 1.11 bits per heavy atom. The molecule has 1 aromatic carbocycles. The second kappa shape index (κ2) is 10.7. The van der Waals surface area contributed by atoms with Crippen LogP contribution in [0.5, 0.6) is 0 Å². The Balaban J connectivity index is 1.75. The summed E-state index contributed by atoms with van der Waals surface area (Å²) in [5, 5.41) is 3.33. The summed E-state index contributed by atoms with van der Waals surface area (Å²) in [6.07, 6.45) is 10.1. The van der Waals surface area contributed by atoms with Crippen LogP contribution in [0.1, 0.15) is 69.2 Å². The Labute approximate surface area is 208 Å². The Morgan fingerprint density at radius 2 is 1.83 bits per heavy atom. The number of hydrogen-bond donors (Lipinski definition) is 1. The molecule has 3 atom stereocenters. The number of sulfonamides is 1. The Hall–Kier alpha value is -2.45. The number of aromatic nitrogens is 1. The van der Waals surface area contributed by atoms with Crippen LogP contribution < -0.4 is 10.7 Å². The Bertz CT molecular complexity index is 1260. The molecule has 2 aliphatic rings. The second-order valence-electron chi connectivity index (χ2n) is 10.2. The largest absolute Gasteiger partial charge is 0.349 e. The maximum Gasteiger partial charge on any atom is 0.257 e. The molecule has 1 aromatic heterocycles. The summed E-state index contributed by atoms with van der Waals surface area (Å²) in [4.78, 5) is 26.9. The van der Waals surface area contributed by atoms with Crippen LogP contribution in [-0.2, 0) is 16.6 Å². The van der Waals surface area contributed by atoms with E-state index in [1.807, 2.05) is 0 Å². The number of hydrogen-bond acceptors (Lipinski definition) is 4. The number of fused-ring (bicyclic) bond motifs is 1. The molecule has 7 nitrogen and oxygen atoms in total. The third-order valence-electron chi connectivity index (χ3n) is 7.85.